The minimum Gasteiger partial charge on any atom is -0.511 e. The molecule has 7 heavy (non-hydrogen) atoms. The maximum absolute atomic E-state index is 8.74. The summed E-state index contributed by atoms with van der Waals surface area (Å²) in [5.41, 5.74) is 0. The SMILES string of the molecule is O=[Si](O)O.[AlH3].[MgH2].[MgH2]. The van der Waals surface area contributed by atoms with Gasteiger partial charge in [0.25, 0.3) is 0 Å². The predicted molar refractivity (Wildman–Crippen MR) is 37.9 cm³/mol. The summed E-state index contributed by atoms with van der Waals surface area (Å²) in [6, 6.07) is 0. The topological polar surface area (TPSA) is 57.5 Å². The van der Waals surface area contributed by atoms with Crippen molar-refractivity contribution >= 4 is 72.6 Å². The van der Waals surface area contributed by atoms with Crippen LogP contribution in [0.1, 0.15) is 0 Å². The van der Waals surface area contributed by atoms with Gasteiger partial charge in [0.05, 0.1) is 0 Å². The highest BCUT2D eigenvalue weighted by atomic mass is 28.3. The lowest BCUT2D eigenvalue weighted by Gasteiger charge is -1.55. The van der Waals surface area contributed by atoms with Gasteiger partial charge in [-0.15, -0.1) is 0 Å². The Morgan fingerprint density at radius 2 is 1.14 bits per heavy atom. The molecule has 0 aliphatic carbocycles. The van der Waals surface area contributed by atoms with Crippen LogP contribution in [0.2, 0.25) is 0 Å². The Morgan fingerprint density at radius 1 is 1.14 bits per heavy atom. The molecule has 0 atom stereocenters. The molecule has 7 heteroatoms. The second-order valence-corrected chi connectivity index (χ2v) is 0.848. The van der Waals surface area contributed by atoms with E-state index >= 15 is 0 Å². The zero-order valence-electron chi connectivity index (χ0n) is 1.80. The fraction of sp³-hybridized carbons (Fsp3) is 0. The highest BCUT2D eigenvalue weighted by molar-refractivity contribution is 6.22. The van der Waals surface area contributed by atoms with Gasteiger partial charge >= 0.3 is 55.3 Å². The van der Waals surface area contributed by atoms with Crippen molar-refractivity contribution in [2.45, 2.75) is 0 Å². The van der Waals surface area contributed by atoms with Crippen molar-refractivity contribution in [3.05, 3.63) is 0 Å². The van der Waals surface area contributed by atoms with Gasteiger partial charge in [-0.1, -0.05) is 0 Å². The quantitative estimate of drug-likeness (QED) is 0.351. The van der Waals surface area contributed by atoms with E-state index in [0.717, 1.165) is 0 Å². The van der Waals surface area contributed by atoms with Crippen LogP contribution in [0.4, 0.5) is 0 Å². The highest BCUT2D eigenvalue weighted by Gasteiger charge is 1.85. The van der Waals surface area contributed by atoms with Gasteiger partial charge in [0, 0.05) is 0 Å². The molecular weight excluding hydrogens is 152 g/mol. The summed E-state index contributed by atoms with van der Waals surface area (Å²) in [4.78, 5) is 14.3. The van der Waals surface area contributed by atoms with Crippen LogP contribution in [0.5, 0.6) is 0 Å². The van der Waals surface area contributed by atoms with Crippen LogP contribution in [0.25, 0.3) is 0 Å². The smallest absolute Gasteiger partial charge is 0.511 e. The predicted octanol–water partition coefficient (Wildman–Crippen LogP) is -4.63. The summed E-state index contributed by atoms with van der Waals surface area (Å²) >= 11 is 0. The van der Waals surface area contributed by atoms with E-state index in [1.165, 1.54) is 0 Å². The van der Waals surface area contributed by atoms with Crippen molar-refractivity contribution in [2.75, 3.05) is 0 Å². The van der Waals surface area contributed by atoms with Gasteiger partial charge in [0.2, 0.25) is 0 Å². The van der Waals surface area contributed by atoms with Crippen LogP contribution in [-0.4, -0.2) is 82.2 Å². The minimum absolute atomic E-state index is 0. The Morgan fingerprint density at radius 3 is 1.14 bits per heavy atom. The van der Waals surface area contributed by atoms with Crippen molar-refractivity contribution in [2.24, 2.45) is 0 Å². The molecule has 0 aromatic carbocycles. The molecule has 0 radical (unpaired) electrons. The van der Waals surface area contributed by atoms with E-state index in [4.69, 9.17) is 14.1 Å². The Hall–Kier alpha value is 1.68. The molecule has 0 aliphatic heterocycles. The lowest BCUT2D eigenvalue weighted by Crippen LogP contribution is -1.90. The van der Waals surface area contributed by atoms with E-state index < -0.39 is 9.17 Å². The Balaban J connectivity index is -0.0000000150. The molecular formula is H9AlMg2O3Si. The number of hydrogen-bond acceptors (Lipinski definition) is 1. The third-order valence-corrected chi connectivity index (χ3v) is 0. The first-order valence-electron chi connectivity index (χ1n) is 0.651. The van der Waals surface area contributed by atoms with Crippen LogP contribution in [0, 0.1) is 0 Å². The van der Waals surface area contributed by atoms with E-state index in [9.17, 15) is 0 Å². The molecule has 0 aromatic heterocycles. The summed E-state index contributed by atoms with van der Waals surface area (Å²) in [7, 11) is -3.13. The van der Waals surface area contributed by atoms with E-state index in [2.05, 4.69) is 0 Å². The van der Waals surface area contributed by atoms with E-state index in [1.807, 2.05) is 0 Å². The van der Waals surface area contributed by atoms with Crippen LogP contribution in [0.3, 0.4) is 0 Å². The zero-order chi connectivity index (χ0) is 3.58. The molecule has 2 N–H and O–H groups in total. The Kier molecular flexibility index (Phi) is 52.2. The summed E-state index contributed by atoms with van der Waals surface area (Å²) < 4.78 is 8.74. The number of hydrogen-bond donors (Lipinski definition) is 2. The molecule has 3 nitrogen and oxygen atoms in total. The molecule has 0 unspecified atom stereocenters. The van der Waals surface area contributed by atoms with Crippen molar-refractivity contribution in [3.63, 3.8) is 0 Å². The average Bonchev–Trinajstić information content (AvgIpc) is 0.811. The zero-order valence-corrected chi connectivity index (χ0v) is 2.80. The van der Waals surface area contributed by atoms with E-state index in [-0.39, 0.29) is 63.5 Å². The summed E-state index contributed by atoms with van der Waals surface area (Å²) in [6.07, 6.45) is 0. The fourth-order valence-electron chi connectivity index (χ4n) is 0. The Bertz CT molecular complexity index is 35.9. The van der Waals surface area contributed by atoms with Crippen molar-refractivity contribution in [1.82, 2.24) is 0 Å². The Labute approximate surface area is 85.8 Å². The maximum Gasteiger partial charge on any atom is 0.761 e. The summed E-state index contributed by atoms with van der Waals surface area (Å²) in [5.74, 6) is 0. The molecule has 0 saturated carbocycles. The lowest BCUT2D eigenvalue weighted by atomic mass is 15.8. The molecule has 0 aliphatic rings. The molecule has 0 aromatic rings. The van der Waals surface area contributed by atoms with Gasteiger partial charge in [-0.05, 0) is 0 Å². The largest absolute Gasteiger partial charge is 0.761 e. The van der Waals surface area contributed by atoms with Gasteiger partial charge in [0.15, 0.2) is 17.4 Å². The third-order valence-electron chi connectivity index (χ3n) is 0. The van der Waals surface area contributed by atoms with Crippen molar-refractivity contribution in [3.8, 4) is 0 Å². The first kappa shape index (κ1) is 23.4. The van der Waals surface area contributed by atoms with Crippen LogP contribution in [0.15, 0.2) is 0 Å². The maximum atomic E-state index is 8.74. The second kappa shape index (κ2) is 15.6. The summed E-state index contributed by atoms with van der Waals surface area (Å²) in [5, 5.41) is 0. The van der Waals surface area contributed by atoms with Crippen molar-refractivity contribution in [1.29, 1.82) is 0 Å². The molecule has 38 valence electrons. The van der Waals surface area contributed by atoms with E-state index in [0.29, 0.717) is 0 Å². The second-order valence-electron chi connectivity index (χ2n) is 0.283. The molecule has 0 heterocycles. The van der Waals surface area contributed by atoms with Crippen molar-refractivity contribution < 1.29 is 14.1 Å². The van der Waals surface area contributed by atoms with Gasteiger partial charge in [0.1, 0.15) is 0 Å². The first-order valence-corrected chi connectivity index (χ1v) is 1.95. The molecule has 0 bridgehead atoms. The normalized spacial score (nSPS) is 3.43. The molecule has 0 saturated heterocycles. The first-order chi connectivity index (χ1) is 1.73. The van der Waals surface area contributed by atoms with E-state index in [1.54, 1.807) is 0 Å². The lowest BCUT2D eigenvalue weighted by molar-refractivity contribution is 0.330. The average molecular weight is 161 g/mol. The monoisotopic (exact) mass is 160 g/mol. The van der Waals surface area contributed by atoms with Crippen LogP contribution >= 0.6 is 0 Å². The van der Waals surface area contributed by atoms with Gasteiger partial charge in [-0.2, -0.15) is 0 Å². The molecule has 0 spiro atoms. The van der Waals surface area contributed by atoms with Crippen LogP contribution < -0.4 is 0 Å². The summed E-state index contributed by atoms with van der Waals surface area (Å²) in [6.45, 7) is 0. The minimum atomic E-state index is -3.13. The van der Waals surface area contributed by atoms with Crippen LogP contribution in [-0.2, 0) is 4.46 Å². The van der Waals surface area contributed by atoms with Gasteiger partial charge in [-0.3, -0.25) is 4.46 Å². The van der Waals surface area contributed by atoms with Gasteiger partial charge in [-0.25, -0.2) is 0 Å². The molecule has 0 fully saturated rings. The fourth-order valence-corrected chi connectivity index (χ4v) is 0. The molecule has 0 amide bonds. The third kappa shape index (κ3) is 87.7. The number of rotatable bonds is 0. The standard InChI is InChI=1S/Al.2Mg.H2O3Si.7H/c;;;1-4(2)3;;;;;;;/h;;;1-2H;;;;;;;. The van der Waals surface area contributed by atoms with Gasteiger partial charge < -0.3 is 9.59 Å². The highest BCUT2D eigenvalue weighted by Crippen LogP contribution is 1.27. The molecule has 0 rings (SSSR count).